The highest BCUT2D eigenvalue weighted by molar-refractivity contribution is 6.08. The smallest absolute Gasteiger partial charge is 0.120 e. The number of rotatable bonds is 16. The van der Waals surface area contributed by atoms with Crippen molar-refractivity contribution >= 4 is 21.8 Å². The summed E-state index contributed by atoms with van der Waals surface area (Å²) < 4.78 is 14.6. The Morgan fingerprint density at radius 2 is 0.971 bits per heavy atom. The average molecular weight is 468 g/mol. The first-order chi connectivity index (χ1) is 16.6. The number of aryl methyl sites for hydroxylation is 1. The van der Waals surface area contributed by atoms with E-state index < -0.39 is 0 Å². The third-order valence-electron chi connectivity index (χ3n) is 6.46. The van der Waals surface area contributed by atoms with Crippen LogP contribution in [0.1, 0.15) is 53.4 Å². The van der Waals surface area contributed by atoms with Crippen LogP contribution in [0.25, 0.3) is 21.8 Å². The van der Waals surface area contributed by atoms with Gasteiger partial charge in [0.15, 0.2) is 0 Å². The molecule has 0 fully saturated rings. The number of benzene rings is 2. The quantitative estimate of drug-likeness (QED) is 0.246. The lowest BCUT2D eigenvalue weighted by Crippen LogP contribution is -2.30. The molecule has 34 heavy (non-hydrogen) atoms. The fourth-order valence-corrected chi connectivity index (χ4v) is 4.88. The molecule has 0 bridgehead atoms. The number of ether oxygens (including phenoxy) is 2. The SMILES string of the molecule is CCCN(CCC)CCOc1ccc2c(c1)c1cc(OCCN(CCC)CCC)ccc1n2C. The van der Waals surface area contributed by atoms with Crippen LogP contribution in [0, 0.1) is 0 Å². The summed E-state index contributed by atoms with van der Waals surface area (Å²) in [5.74, 6) is 1.88. The van der Waals surface area contributed by atoms with Crippen LogP contribution < -0.4 is 9.47 Å². The molecule has 5 heteroatoms. The van der Waals surface area contributed by atoms with Gasteiger partial charge in [0.2, 0.25) is 0 Å². The molecule has 0 N–H and O–H groups in total. The van der Waals surface area contributed by atoms with Crippen LogP contribution in [-0.4, -0.2) is 66.8 Å². The van der Waals surface area contributed by atoms with E-state index in [4.69, 9.17) is 9.47 Å². The second-order valence-corrected chi connectivity index (χ2v) is 9.30. The van der Waals surface area contributed by atoms with Crippen molar-refractivity contribution in [3.8, 4) is 11.5 Å². The molecule has 1 heterocycles. The number of nitrogens with zero attached hydrogens (tertiary/aromatic N) is 3. The monoisotopic (exact) mass is 467 g/mol. The van der Waals surface area contributed by atoms with Crippen molar-refractivity contribution in [1.29, 1.82) is 0 Å². The van der Waals surface area contributed by atoms with Crippen molar-refractivity contribution in [2.45, 2.75) is 53.4 Å². The van der Waals surface area contributed by atoms with E-state index in [1.807, 2.05) is 0 Å². The van der Waals surface area contributed by atoms with E-state index in [1.165, 1.54) is 47.5 Å². The molecule has 3 aromatic rings. The standard InChI is InChI=1S/C29H45N3O2/c1-6-14-31(15-7-2)18-20-33-24-10-12-28-26(22-24)27-23-25(11-13-29(27)30(28)5)34-21-19-32(16-8-3)17-9-4/h10-13,22-23H,6-9,14-21H2,1-5H3. The topological polar surface area (TPSA) is 29.9 Å². The first-order valence-electron chi connectivity index (χ1n) is 13.3. The normalized spacial score (nSPS) is 11.9. The third kappa shape index (κ3) is 6.89. The molecule has 0 unspecified atom stereocenters. The zero-order valence-electron chi connectivity index (χ0n) is 22.1. The van der Waals surface area contributed by atoms with E-state index in [0.717, 1.165) is 64.0 Å². The molecular weight excluding hydrogens is 422 g/mol. The highest BCUT2D eigenvalue weighted by Crippen LogP contribution is 2.33. The van der Waals surface area contributed by atoms with Gasteiger partial charge in [-0.05, 0) is 88.3 Å². The maximum absolute atomic E-state index is 6.18. The third-order valence-corrected chi connectivity index (χ3v) is 6.46. The Kier molecular flexibility index (Phi) is 10.5. The van der Waals surface area contributed by atoms with Crippen molar-refractivity contribution < 1.29 is 9.47 Å². The predicted octanol–water partition coefficient (Wildman–Crippen LogP) is 6.33. The van der Waals surface area contributed by atoms with Gasteiger partial charge >= 0.3 is 0 Å². The molecule has 1 aromatic heterocycles. The highest BCUT2D eigenvalue weighted by Gasteiger charge is 2.11. The minimum atomic E-state index is 0.719. The second kappa shape index (κ2) is 13.6. The van der Waals surface area contributed by atoms with Gasteiger partial charge in [0.1, 0.15) is 24.7 Å². The van der Waals surface area contributed by atoms with Gasteiger partial charge in [0.25, 0.3) is 0 Å². The molecule has 0 atom stereocenters. The minimum absolute atomic E-state index is 0.719. The van der Waals surface area contributed by atoms with Crippen LogP contribution in [0.3, 0.4) is 0 Å². The summed E-state index contributed by atoms with van der Waals surface area (Å²) in [5.41, 5.74) is 2.44. The van der Waals surface area contributed by atoms with Gasteiger partial charge in [0.05, 0.1) is 0 Å². The average Bonchev–Trinajstić information content (AvgIpc) is 3.11. The van der Waals surface area contributed by atoms with E-state index >= 15 is 0 Å². The summed E-state index contributed by atoms with van der Waals surface area (Å²) in [7, 11) is 2.13. The van der Waals surface area contributed by atoms with Crippen molar-refractivity contribution in [2.75, 3.05) is 52.5 Å². The lowest BCUT2D eigenvalue weighted by Gasteiger charge is -2.21. The summed E-state index contributed by atoms with van der Waals surface area (Å²) in [6.45, 7) is 16.9. The summed E-state index contributed by atoms with van der Waals surface area (Å²) >= 11 is 0. The van der Waals surface area contributed by atoms with E-state index in [-0.39, 0.29) is 0 Å². The van der Waals surface area contributed by atoms with Gasteiger partial charge in [-0.1, -0.05) is 27.7 Å². The fourth-order valence-electron chi connectivity index (χ4n) is 4.88. The van der Waals surface area contributed by atoms with E-state index in [2.05, 4.69) is 85.5 Å². The molecule has 2 aromatic carbocycles. The Hall–Kier alpha value is -2.24. The maximum atomic E-state index is 6.18. The molecule has 0 amide bonds. The van der Waals surface area contributed by atoms with Crippen molar-refractivity contribution in [1.82, 2.24) is 14.4 Å². The van der Waals surface area contributed by atoms with Crippen molar-refractivity contribution in [3.63, 3.8) is 0 Å². The van der Waals surface area contributed by atoms with E-state index in [0.29, 0.717) is 0 Å². The lowest BCUT2D eigenvalue weighted by atomic mass is 10.1. The molecule has 0 aliphatic carbocycles. The van der Waals surface area contributed by atoms with Crippen LogP contribution in [0.15, 0.2) is 36.4 Å². The van der Waals surface area contributed by atoms with Crippen LogP contribution in [-0.2, 0) is 7.05 Å². The number of hydrogen-bond donors (Lipinski definition) is 0. The minimum Gasteiger partial charge on any atom is -0.492 e. The first-order valence-corrected chi connectivity index (χ1v) is 13.3. The summed E-state index contributed by atoms with van der Waals surface area (Å²) in [4.78, 5) is 4.98. The zero-order valence-corrected chi connectivity index (χ0v) is 22.1. The molecule has 0 saturated heterocycles. The van der Waals surface area contributed by atoms with Gasteiger partial charge in [-0.15, -0.1) is 0 Å². The van der Waals surface area contributed by atoms with Gasteiger partial charge in [-0.2, -0.15) is 0 Å². The molecule has 0 aliphatic heterocycles. The van der Waals surface area contributed by atoms with Gasteiger partial charge in [-0.25, -0.2) is 0 Å². The molecule has 0 spiro atoms. The maximum Gasteiger partial charge on any atom is 0.120 e. The zero-order chi connectivity index (χ0) is 24.3. The van der Waals surface area contributed by atoms with Crippen molar-refractivity contribution in [3.05, 3.63) is 36.4 Å². The molecule has 3 rings (SSSR count). The fraction of sp³-hybridized carbons (Fsp3) is 0.586. The van der Waals surface area contributed by atoms with Crippen LogP contribution >= 0.6 is 0 Å². The van der Waals surface area contributed by atoms with Crippen LogP contribution in [0.4, 0.5) is 0 Å². The van der Waals surface area contributed by atoms with E-state index in [1.54, 1.807) is 0 Å². The molecule has 5 nitrogen and oxygen atoms in total. The first kappa shape index (κ1) is 26.4. The van der Waals surface area contributed by atoms with Gasteiger partial charge in [0, 0.05) is 41.9 Å². The summed E-state index contributed by atoms with van der Waals surface area (Å²) in [6, 6.07) is 12.9. The lowest BCUT2D eigenvalue weighted by molar-refractivity contribution is 0.209. The largest absolute Gasteiger partial charge is 0.492 e. The molecule has 0 saturated carbocycles. The number of fused-ring (bicyclic) bond motifs is 3. The Morgan fingerprint density at radius 3 is 1.32 bits per heavy atom. The highest BCUT2D eigenvalue weighted by atomic mass is 16.5. The van der Waals surface area contributed by atoms with E-state index in [9.17, 15) is 0 Å². The summed E-state index contributed by atoms with van der Waals surface area (Å²) in [6.07, 6.45) is 4.73. The second-order valence-electron chi connectivity index (χ2n) is 9.30. The van der Waals surface area contributed by atoms with Gasteiger partial charge in [-0.3, -0.25) is 9.80 Å². The Labute approximate surface area is 206 Å². The predicted molar refractivity (Wildman–Crippen MR) is 145 cm³/mol. The van der Waals surface area contributed by atoms with Crippen LogP contribution in [0.2, 0.25) is 0 Å². The number of hydrogen-bond acceptors (Lipinski definition) is 4. The van der Waals surface area contributed by atoms with Crippen molar-refractivity contribution in [2.24, 2.45) is 7.05 Å². The Morgan fingerprint density at radius 1 is 0.588 bits per heavy atom. The number of aromatic nitrogens is 1. The molecule has 0 radical (unpaired) electrons. The Balaban J connectivity index is 1.71. The molecule has 0 aliphatic rings. The molecule has 188 valence electrons. The van der Waals surface area contributed by atoms with Crippen LogP contribution in [0.5, 0.6) is 11.5 Å². The molecular formula is C29H45N3O2. The van der Waals surface area contributed by atoms with Gasteiger partial charge < -0.3 is 14.0 Å². The summed E-state index contributed by atoms with van der Waals surface area (Å²) in [5, 5.41) is 2.44. The Bertz CT molecular complexity index is 922.